The molecule has 0 spiro atoms. The second-order valence-electron chi connectivity index (χ2n) is 5.27. The van der Waals surface area contributed by atoms with Crippen LogP contribution in [0, 0.1) is 6.92 Å². The number of nitrogens with one attached hydrogen (secondary N) is 1. The average molecular weight is 323 g/mol. The zero-order valence-electron chi connectivity index (χ0n) is 13.4. The SMILES string of the molecule is Cc1ccc(/C=N/NC(=O)C(C)Oc2cccc3cccnc23)o1. The molecule has 0 radical (unpaired) electrons. The highest BCUT2D eigenvalue weighted by atomic mass is 16.5. The number of pyridine rings is 1. The number of furan rings is 1. The number of fused-ring (bicyclic) bond motifs is 1. The number of benzene rings is 1. The number of carbonyl (C=O) groups is 1. The molecule has 1 atom stereocenters. The normalized spacial score (nSPS) is 12.4. The van der Waals surface area contributed by atoms with Crippen molar-refractivity contribution < 1.29 is 13.9 Å². The van der Waals surface area contributed by atoms with Crippen molar-refractivity contribution in [3.8, 4) is 5.75 Å². The minimum Gasteiger partial charge on any atom is -0.479 e. The average Bonchev–Trinajstić information content (AvgIpc) is 3.00. The number of hydrogen-bond donors (Lipinski definition) is 1. The molecule has 0 aliphatic carbocycles. The number of rotatable bonds is 5. The molecule has 1 N–H and O–H groups in total. The van der Waals surface area contributed by atoms with Crippen LogP contribution in [0.1, 0.15) is 18.4 Å². The summed E-state index contributed by atoms with van der Waals surface area (Å²) in [5.41, 5.74) is 3.15. The molecular weight excluding hydrogens is 306 g/mol. The fourth-order valence-electron chi connectivity index (χ4n) is 2.19. The third-order valence-electron chi connectivity index (χ3n) is 3.40. The summed E-state index contributed by atoms with van der Waals surface area (Å²) in [6.07, 6.45) is 2.42. The Labute approximate surface area is 139 Å². The fraction of sp³-hybridized carbons (Fsp3) is 0.167. The summed E-state index contributed by atoms with van der Waals surface area (Å²) in [5, 5.41) is 4.82. The topological polar surface area (TPSA) is 76.7 Å². The number of hydrogen-bond acceptors (Lipinski definition) is 5. The zero-order valence-corrected chi connectivity index (χ0v) is 13.4. The second-order valence-corrected chi connectivity index (χ2v) is 5.27. The molecule has 1 unspecified atom stereocenters. The zero-order chi connectivity index (χ0) is 16.9. The number of para-hydroxylation sites is 1. The monoisotopic (exact) mass is 323 g/mol. The van der Waals surface area contributed by atoms with E-state index >= 15 is 0 Å². The van der Waals surface area contributed by atoms with Gasteiger partial charge in [0.15, 0.2) is 6.10 Å². The van der Waals surface area contributed by atoms with Crippen LogP contribution in [0.5, 0.6) is 5.75 Å². The van der Waals surface area contributed by atoms with E-state index in [1.165, 1.54) is 6.21 Å². The van der Waals surface area contributed by atoms with Crippen LogP contribution in [-0.4, -0.2) is 23.2 Å². The van der Waals surface area contributed by atoms with Crippen molar-refractivity contribution in [1.29, 1.82) is 0 Å². The van der Waals surface area contributed by atoms with E-state index in [0.29, 0.717) is 17.0 Å². The summed E-state index contributed by atoms with van der Waals surface area (Å²) in [5.74, 6) is 1.55. The van der Waals surface area contributed by atoms with Gasteiger partial charge in [-0.15, -0.1) is 0 Å². The van der Waals surface area contributed by atoms with Crippen LogP contribution in [-0.2, 0) is 4.79 Å². The molecule has 1 amide bonds. The van der Waals surface area contributed by atoms with E-state index in [2.05, 4.69) is 15.5 Å². The number of carbonyl (C=O) groups excluding carboxylic acids is 1. The van der Waals surface area contributed by atoms with Gasteiger partial charge in [-0.1, -0.05) is 18.2 Å². The molecule has 0 aliphatic heterocycles. The molecule has 0 fully saturated rings. The Morgan fingerprint density at radius 2 is 2.12 bits per heavy atom. The minimum absolute atomic E-state index is 0.359. The van der Waals surface area contributed by atoms with Crippen molar-refractivity contribution in [2.75, 3.05) is 0 Å². The molecule has 3 aromatic rings. The lowest BCUT2D eigenvalue weighted by molar-refractivity contribution is -0.127. The number of ether oxygens (including phenoxy) is 1. The Balaban J connectivity index is 1.64. The molecule has 2 heterocycles. The molecular formula is C18H17N3O3. The summed E-state index contributed by atoms with van der Waals surface area (Å²) >= 11 is 0. The molecule has 6 heteroatoms. The molecule has 0 aliphatic rings. The van der Waals surface area contributed by atoms with Gasteiger partial charge in [0.1, 0.15) is 22.8 Å². The van der Waals surface area contributed by atoms with Gasteiger partial charge in [0, 0.05) is 11.6 Å². The summed E-state index contributed by atoms with van der Waals surface area (Å²) in [4.78, 5) is 16.4. The molecule has 0 bridgehead atoms. The quantitative estimate of drug-likeness (QED) is 0.578. The van der Waals surface area contributed by atoms with E-state index in [1.54, 1.807) is 25.3 Å². The van der Waals surface area contributed by atoms with Gasteiger partial charge in [0.25, 0.3) is 5.91 Å². The summed E-state index contributed by atoms with van der Waals surface area (Å²) in [6, 6.07) is 13.0. The first kappa shape index (κ1) is 15.7. The standard InChI is InChI=1S/C18H17N3O3/c1-12-8-9-15(23-12)11-20-21-18(22)13(2)24-16-7-3-5-14-6-4-10-19-17(14)16/h3-11,13H,1-2H3,(H,21,22)/b20-11+. The number of amides is 1. The van der Waals surface area contributed by atoms with Crippen LogP contribution in [0.2, 0.25) is 0 Å². The summed E-state index contributed by atoms with van der Waals surface area (Å²) in [7, 11) is 0. The first-order valence-corrected chi connectivity index (χ1v) is 7.53. The molecule has 24 heavy (non-hydrogen) atoms. The number of aryl methyl sites for hydroxylation is 1. The maximum Gasteiger partial charge on any atom is 0.280 e. The van der Waals surface area contributed by atoms with Gasteiger partial charge in [0.05, 0.1) is 6.21 Å². The lowest BCUT2D eigenvalue weighted by Gasteiger charge is -2.14. The lowest BCUT2D eigenvalue weighted by atomic mass is 10.2. The van der Waals surface area contributed by atoms with Crippen molar-refractivity contribution in [3.63, 3.8) is 0 Å². The lowest BCUT2D eigenvalue weighted by Crippen LogP contribution is -2.33. The second kappa shape index (κ2) is 6.95. The van der Waals surface area contributed by atoms with E-state index in [-0.39, 0.29) is 5.91 Å². The Morgan fingerprint density at radius 3 is 2.92 bits per heavy atom. The molecule has 0 saturated carbocycles. The molecule has 0 saturated heterocycles. The highest BCUT2D eigenvalue weighted by Gasteiger charge is 2.15. The summed E-state index contributed by atoms with van der Waals surface area (Å²) < 4.78 is 11.1. The van der Waals surface area contributed by atoms with Crippen molar-refractivity contribution in [1.82, 2.24) is 10.4 Å². The van der Waals surface area contributed by atoms with E-state index in [9.17, 15) is 4.79 Å². The first-order chi connectivity index (χ1) is 11.6. The third kappa shape index (κ3) is 3.60. The highest BCUT2D eigenvalue weighted by molar-refractivity contribution is 5.86. The molecule has 3 rings (SSSR count). The van der Waals surface area contributed by atoms with Crippen molar-refractivity contribution in [2.45, 2.75) is 20.0 Å². The van der Waals surface area contributed by atoms with Gasteiger partial charge in [-0.3, -0.25) is 9.78 Å². The number of aromatic nitrogens is 1. The predicted octanol–water partition coefficient (Wildman–Crippen LogP) is 3.05. The van der Waals surface area contributed by atoms with Crippen LogP contribution in [0.4, 0.5) is 0 Å². The number of nitrogens with zero attached hydrogens (tertiary/aromatic N) is 2. The molecule has 122 valence electrons. The maximum atomic E-state index is 12.1. The summed E-state index contributed by atoms with van der Waals surface area (Å²) in [6.45, 7) is 3.49. The van der Waals surface area contributed by atoms with Crippen LogP contribution in [0.25, 0.3) is 10.9 Å². The Kier molecular flexibility index (Phi) is 4.56. The molecule has 1 aromatic carbocycles. The van der Waals surface area contributed by atoms with E-state index in [0.717, 1.165) is 11.1 Å². The largest absolute Gasteiger partial charge is 0.479 e. The Bertz CT molecular complexity index is 881. The first-order valence-electron chi connectivity index (χ1n) is 7.53. The molecule has 6 nitrogen and oxygen atoms in total. The van der Waals surface area contributed by atoms with Crippen LogP contribution >= 0.6 is 0 Å². The van der Waals surface area contributed by atoms with E-state index in [4.69, 9.17) is 9.15 Å². The van der Waals surface area contributed by atoms with Crippen molar-refractivity contribution in [2.24, 2.45) is 5.10 Å². The fourth-order valence-corrected chi connectivity index (χ4v) is 2.19. The van der Waals surface area contributed by atoms with Gasteiger partial charge in [0.2, 0.25) is 0 Å². The van der Waals surface area contributed by atoms with Gasteiger partial charge < -0.3 is 9.15 Å². The maximum absolute atomic E-state index is 12.1. The van der Waals surface area contributed by atoms with Crippen LogP contribution in [0.15, 0.2) is 58.2 Å². The number of hydrazone groups is 1. The van der Waals surface area contributed by atoms with Crippen molar-refractivity contribution in [3.05, 3.63) is 60.2 Å². The van der Waals surface area contributed by atoms with Gasteiger partial charge in [-0.25, -0.2) is 5.43 Å². The van der Waals surface area contributed by atoms with Crippen molar-refractivity contribution >= 4 is 23.0 Å². The minimum atomic E-state index is -0.715. The predicted molar refractivity (Wildman–Crippen MR) is 91.0 cm³/mol. The molecule has 2 aromatic heterocycles. The Morgan fingerprint density at radius 1 is 1.29 bits per heavy atom. The van der Waals surface area contributed by atoms with Gasteiger partial charge in [-0.05, 0) is 38.1 Å². The highest BCUT2D eigenvalue weighted by Crippen LogP contribution is 2.23. The van der Waals surface area contributed by atoms with Crippen LogP contribution < -0.4 is 10.2 Å². The van der Waals surface area contributed by atoms with Crippen LogP contribution in [0.3, 0.4) is 0 Å². The Hall–Kier alpha value is -3.15. The van der Waals surface area contributed by atoms with Gasteiger partial charge in [-0.2, -0.15) is 5.10 Å². The smallest absolute Gasteiger partial charge is 0.280 e. The third-order valence-corrected chi connectivity index (χ3v) is 3.40. The van der Waals surface area contributed by atoms with E-state index < -0.39 is 6.10 Å². The van der Waals surface area contributed by atoms with Gasteiger partial charge >= 0.3 is 0 Å². The van der Waals surface area contributed by atoms with E-state index in [1.807, 2.05) is 37.3 Å².